The largest absolute Gasteiger partial charge is 0.371 e. The molecule has 2 aliphatic rings. The Kier molecular flexibility index (Phi) is 9.94. The van der Waals surface area contributed by atoms with E-state index in [-0.39, 0.29) is 12.2 Å². The van der Waals surface area contributed by atoms with Gasteiger partial charge in [-0.1, -0.05) is 103 Å². The molecule has 0 aliphatic carbocycles. The molecular weight excluding hydrogens is 621 g/mol. The lowest BCUT2D eigenvalue weighted by Crippen LogP contribution is -2.37. The molecule has 2 saturated heterocycles. The van der Waals surface area contributed by atoms with E-state index in [2.05, 4.69) is 130 Å². The zero-order chi connectivity index (χ0) is 33.5. The molecular formula is C42H44N6O2. The maximum Gasteiger partial charge on any atom is 0.0982 e. The monoisotopic (exact) mass is 664 g/mol. The molecule has 0 N–H and O–H groups in total. The molecule has 2 fully saturated rings. The van der Waals surface area contributed by atoms with Gasteiger partial charge in [-0.25, -0.2) is 0 Å². The van der Waals surface area contributed by atoms with Crippen LogP contribution in [0, 0.1) is 0 Å². The lowest BCUT2D eigenvalue weighted by molar-refractivity contribution is -0.0330. The Morgan fingerprint density at radius 1 is 0.500 bits per heavy atom. The first-order chi connectivity index (χ1) is 24.7. The topological polar surface area (TPSA) is 60.6 Å². The van der Waals surface area contributed by atoms with Gasteiger partial charge in [-0.2, -0.15) is 10.2 Å². The fourth-order valence-corrected chi connectivity index (χ4v) is 7.07. The number of morpholine rings is 2. The molecule has 0 radical (unpaired) electrons. The summed E-state index contributed by atoms with van der Waals surface area (Å²) in [5.74, 6) is 0. The van der Waals surface area contributed by atoms with E-state index in [1.165, 1.54) is 33.4 Å². The van der Waals surface area contributed by atoms with Crippen molar-refractivity contribution < 1.29 is 9.47 Å². The molecule has 0 saturated carbocycles. The fraction of sp³-hybridized carbons (Fsp3) is 0.286. The summed E-state index contributed by atoms with van der Waals surface area (Å²) < 4.78 is 16.4. The predicted octanol–water partition coefficient (Wildman–Crippen LogP) is 6.99. The summed E-state index contributed by atoms with van der Waals surface area (Å²) in [7, 11) is 0. The van der Waals surface area contributed by atoms with Crippen LogP contribution in [0.4, 0.5) is 0 Å². The van der Waals surface area contributed by atoms with Crippen LogP contribution in [-0.4, -0.2) is 68.8 Å². The molecule has 0 spiro atoms. The highest BCUT2D eigenvalue weighted by molar-refractivity contribution is 5.64. The van der Waals surface area contributed by atoms with Crippen LogP contribution in [0.25, 0.3) is 11.1 Å². The maximum atomic E-state index is 6.17. The van der Waals surface area contributed by atoms with Crippen molar-refractivity contribution in [2.45, 2.75) is 38.4 Å². The molecule has 0 amide bonds. The van der Waals surface area contributed by atoms with Crippen LogP contribution < -0.4 is 0 Å². The third kappa shape index (κ3) is 8.12. The predicted molar refractivity (Wildman–Crippen MR) is 195 cm³/mol. The third-order valence-corrected chi connectivity index (χ3v) is 9.75. The highest BCUT2D eigenvalue weighted by atomic mass is 16.5. The van der Waals surface area contributed by atoms with E-state index in [4.69, 9.17) is 14.6 Å². The molecule has 2 aliphatic heterocycles. The molecule has 254 valence electrons. The first kappa shape index (κ1) is 32.4. The van der Waals surface area contributed by atoms with E-state index in [0.717, 1.165) is 76.7 Å². The molecule has 8 nitrogen and oxygen atoms in total. The van der Waals surface area contributed by atoms with Crippen LogP contribution in [0.15, 0.2) is 134 Å². The van der Waals surface area contributed by atoms with Crippen molar-refractivity contribution in [3.05, 3.63) is 167 Å². The third-order valence-electron chi connectivity index (χ3n) is 9.75. The molecule has 1 unspecified atom stereocenters. The minimum atomic E-state index is 0.0330. The summed E-state index contributed by atoms with van der Waals surface area (Å²) in [5, 5.41) is 9.31. The van der Waals surface area contributed by atoms with Crippen LogP contribution in [-0.2, 0) is 35.7 Å². The smallest absolute Gasteiger partial charge is 0.0982 e. The van der Waals surface area contributed by atoms with E-state index in [1.54, 1.807) is 0 Å². The molecule has 2 atom stereocenters. The molecule has 4 heterocycles. The van der Waals surface area contributed by atoms with Crippen molar-refractivity contribution in [2.75, 3.05) is 39.4 Å². The van der Waals surface area contributed by atoms with E-state index >= 15 is 0 Å². The molecule has 6 aromatic rings. The van der Waals surface area contributed by atoms with Crippen molar-refractivity contribution in [1.82, 2.24) is 29.4 Å². The number of benzene rings is 4. The summed E-state index contributed by atoms with van der Waals surface area (Å²) in [6.45, 7) is 8.38. The number of aromatic nitrogens is 4. The Hall–Kier alpha value is -4.86. The lowest BCUT2D eigenvalue weighted by atomic mass is 10.0. The summed E-state index contributed by atoms with van der Waals surface area (Å²) in [5.41, 5.74) is 9.82. The van der Waals surface area contributed by atoms with Crippen molar-refractivity contribution in [1.29, 1.82) is 0 Å². The summed E-state index contributed by atoms with van der Waals surface area (Å²) in [4.78, 5) is 4.95. The van der Waals surface area contributed by atoms with Crippen molar-refractivity contribution in [3.63, 3.8) is 0 Å². The Morgan fingerprint density at radius 3 is 1.58 bits per heavy atom. The SMILES string of the molecule is c1ccc(CN2CCO[C@@H](c3cnn(Cc4cccc(-c5ccc(CN6CCOC(c7cnn(Cc8ccccc8)c7)C6)cc5)c4)c3)C2)cc1. The Balaban J connectivity index is 0.853. The number of hydrogen-bond acceptors (Lipinski definition) is 6. The Bertz CT molecular complexity index is 1960. The van der Waals surface area contributed by atoms with Crippen LogP contribution in [0.1, 0.15) is 45.6 Å². The van der Waals surface area contributed by atoms with Crippen LogP contribution >= 0.6 is 0 Å². The minimum absolute atomic E-state index is 0.0330. The Morgan fingerprint density at radius 2 is 1.00 bits per heavy atom. The number of nitrogens with zero attached hydrogens (tertiary/aromatic N) is 6. The Labute approximate surface area is 294 Å². The maximum absolute atomic E-state index is 6.17. The average Bonchev–Trinajstić information content (AvgIpc) is 3.83. The normalized spacial score (nSPS) is 18.7. The van der Waals surface area contributed by atoms with Gasteiger partial charge in [0.05, 0.1) is 50.9 Å². The van der Waals surface area contributed by atoms with Crippen molar-refractivity contribution in [2.24, 2.45) is 0 Å². The second kappa shape index (κ2) is 15.4. The summed E-state index contributed by atoms with van der Waals surface area (Å²) in [6, 6.07) is 38.9. The van der Waals surface area contributed by atoms with Crippen molar-refractivity contribution in [3.8, 4) is 11.1 Å². The highest BCUT2D eigenvalue weighted by Crippen LogP contribution is 2.27. The quantitative estimate of drug-likeness (QED) is 0.149. The van der Waals surface area contributed by atoms with Gasteiger partial charge in [-0.05, 0) is 39.4 Å². The van der Waals surface area contributed by atoms with Gasteiger partial charge >= 0.3 is 0 Å². The zero-order valence-corrected chi connectivity index (χ0v) is 28.4. The van der Waals surface area contributed by atoms with E-state index in [9.17, 15) is 0 Å². The zero-order valence-electron chi connectivity index (χ0n) is 28.4. The summed E-state index contributed by atoms with van der Waals surface area (Å²) >= 11 is 0. The highest BCUT2D eigenvalue weighted by Gasteiger charge is 2.24. The van der Waals surface area contributed by atoms with Gasteiger partial charge in [-0.3, -0.25) is 19.2 Å². The van der Waals surface area contributed by atoms with E-state index < -0.39 is 0 Å². The number of ether oxygens (including phenoxy) is 2. The van der Waals surface area contributed by atoms with Crippen LogP contribution in [0.2, 0.25) is 0 Å². The van der Waals surface area contributed by atoms with Gasteiger partial charge in [0, 0.05) is 62.8 Å². The number of hydrogen-bond donors (Lipinski definition) is 0. The van der Waals surface area contributed by atoms with Crippen LogP contribution in [0.3, 0.4) is 0 Å². The standard InChI is InChI=1S/C42H44N6O2/c1-3-8-33(9-4-1)25-45-18-20-49-41(31-45)40-24-44-48(30-40)28-36-12-7-13-38(22-36)37-16-14-35(15-17-37)26-46-19-21-50-42(32-46)39-23-43-47(29-39)27-34-10-5-2-6-11-34/h1-17,22-24,29-30,41-42H,18-21,25-28,31-32H2/t41-,42?/m1/s1. The molecule has 50 heavy (non-hydrogen) atoms. The fourth-order valence-electron chi connectivity index (χ4n) is 7.07. The van der Waals surface area contributed by atoms with Gasteiger partial charge in [0.2, 0.25) is 0 Å². The second-order valence-corrected chi connectivity index (χ2v) is 13.5. The van der Waals surface area contributed by atoms with Gasteiger partial charge in [-0.15, -0.1) is 0 Å². The average molecular weight is 665 g/mol. The molecule has 8 rings (SSSR count). The molecule has 2 aromatic heterocycles. The molecule has 4 aromatic carbocycles. The first-order valence-corrected chi connectivity index (χ1v) is 17.7. The van der Waals surface area contributed by atoms with Gasteiger partial charge < -0.3 is 9.47 Å². The number of rotatable bonds is 11. The van der Waals surface area contributed by atoms with Gasteiger partial charge in [0.15, 0.2) is 0 Å². The summed E-state index contributed by atoms with van der Waals surface area (Å²) in [6.07, 6.45) is 8.27. The van der Waals surface area contributed by atoms with Crippen molar-refractivity contribution >= 4 is 0 Å². The molecule has 8 heteroatoms. The second-order valence-electron chi connectivity index (χ2n) is 13.5. The molecule has 0 bridgehead atoms. The van der Waals surface area contributed by atoms with Gasteiger partial charge in [0.1, 0.15) is 0 Å². The minimum Gasteiger partial charge on any atom is -0.371 e. The van der Waals surface area contributed by atoms with Gasteiger partial charge in [0.25, 0.3) is 0 Å². The van der Waals surface area contributed by atoms with E-state index in [0.29, 0.717) is 0 Å². The van der Waals surface area contributed by atoms with Crippen LogP contribution in [0.5, 0.6) is 0 Å². The van der Waals surface area contributed by atoms with E-state index in [1.807, 2.05) is 27.8 Å². The first-order valence-electron chi connectivity index (χ1n) is 17.7. The lowest BCUT2D eigenvalue weighted by Gasteiger charge is -2.32.